The molecule has 110 valence electrons. The maximum Gasteiger partial charge on any atom is 0.292 e. The Balaban J connectivity index is 2.12. The first-order valence-corrected chi connectivity index (χ1v) is 7.40. The van der Waals surface area contributed by atoms with Crippen LogP contribution in [0.25, 0.3) is 0 Å². The monoisotopic (exact) mass is 304 g/mol. The predicted molar refractivity (Wildman–Crippen MR) is 83.3 cm³/mol. The van der Waals surface area contributed by atoms with Crippen molar-refractivity contribution in [3.63, 3.8) is 0 Å². The lowest BCUT2D eigenvalue weighted by Gasteiger charge is -2.12. The van der Waals surface area contributed by atoms with Crippen LogP contribution in [-0.4, -0.2) is 17.0 Å². The summed E-state index contributed by atoms with van der Waals surface area (Å²) in [6.07, 6.45) is 0.439. The summed E-state index contributed by atoms with van der Waals surface area (Å²) in [6, 6.07) is 11.3. The van der Waals surface area contributed by atoms with Gasteiger partial charge in [-0.3, -0.25) is 10.5 Å². The standard InChI is InChI=1S/C15H17N3O2S/c1-10-4-6-11(7-5-10)17-15(19)13(14(16)18-20)9-12-3-2-8-21-12/h2-8,13,20H,9H2,1H3,(H2,16,18)(H,17,19)/p+1/t13-/m1/s1. The highest BCUT2D eigenvalue weighted by Gasteiger charge is 2.28. The Morgan fingerprint density at radius 3 is 2.67 bits per heavy atom. The lowest BCUT2D eigenvalue weighted by atomic mass is 10.0. The van der Waals surface area contributed by atoms with Gasteiger partial charge >= 0.3 is 0 Å². The molecule has 0 fully saturated rings. The van der Waals surface area contributed by atoms with Gasteiger partial charge in [-0.25, -0.2) is 0 Å². The molecule has 1 aromatic heterocycles. The number of nitrogens with one attached hydrogen (secondary N) is 2. The first-order chi connectivity index (χ1) is 10.1. The van der Waals surface area contributed by atoms with Crippen molar-refractivity contribution in [2.24, 2.45) is 11.7 Å². The van der Waals surface area contributed by atoms with Crippen LogP contribution in [-0.2, 0) is 11.2 Å². The van der Waals surface area contributed by atoms with Crippen LogP contribution in [0.1, 0.15) is 10.4 Å². The fourth-order valence-electron chi connectivity index (χ4n) is 1.92. The molecule has 2 rings (SSSR count). The van der Waals surface area contributed by atoms with Gasteiger partial charge in [-0.15, -0.1) is 11.3 Å². The molecule has 1 heterocycles. The number of benzene rings is 1. The number of thiophene rings is 1. The Morgan fingerprint density at radius 2 is 2.10 bits per heavy atom. The van der Waals surface area contributed by atoms with Crippen LogP contribution >= 0.6 is 11.3 Å². The van der Waals surface area contributed by atoms with E-state index in [-0.39, 0.29) is 11.7 Å². The van der Waals surface area contributed by atoms with Crippen molar-refractivity contribution in [3.05, 3.63) is 52.2 Å². The van der Waals surface area contributed by atoms with Crippen molar-refractivity contribution < 1.29 is 15.2 Å². The summed E-state index contributed by atoms with van der Waals surface area (Å²) in [5.74, 6) is -0.866. The fourth-order valence-corrected chi connectivity index (χ4v) is 2.67. The van der Waals surface area contributed by atoms with Crippen LogP contribution in [0.2, 0.25) is 0 Å². The van der Waals surface area contributed by atoms with E-state index in [9.17, 15) is 4.79 Å². The molecule has 0 aliphatic heterocycles. The van der Waals surface area contributed by atoms with Gasteiger partial charge in [-0.05, 0) is 30.5 Å². The molecule has 1 aromatic carbocycles. The second-order valence-corrected chi connectivity index (χ2v) is 5.79. The van der Waals surface area contributed by atoms with E-state index in [1.165, 1.54) is 0 Å². The number of amidine groups is 1. The zero-order valence-electron chi connectivity index (χ0n) is 11.7. The van der Waals surface area contributed by atoms with E-state index in [1.807, 2.05) is 53.9 Å². The summed E-state index contributed by atoms with van der Waals surface area (Å²) in [5, 5.41) is 15.6. The number of aryl methyl sites for hydroxylation is 1. The van der Waals surface area contributed by atoms with Crippen molar-refractivity contribution in [2.45, 2.75) is 13.3 Å². The first-order valence-electron chi connectivity index (χ1n) is 6.52. The quantitative estimate of drug-likeness (QED) is 0.283. The number of nitrogens with two attached hydrogens (primary N) is 1. The summed E-state index contributed by atoms with van der Waals surface area (Å²) < 4.78 is 0. The predicted octanol–water partition coefficient (Wildman–Crippen LogP) is 0.681. The number of carbonyl (C=O) groups excluding carboxylic acids is 1. The number of hydrogen-bond donors (Lipinski definition) is 4. The van der Waals surface area contributed by atoms with Crippen molar-refractivity contribution in [1.82, 2.24) is 0 Å². The van der Waals surface area contributed by atoms with Crippen LogP contribution in [0.4, 0.5) is 5.69 Å². The van der Waals surface area contributed by atoms with Crippen LogP contribution in [0, 0.1) is 12.8 Å². The molecule has 0 radical (unpaired) electrons. The minimum atomic E-state index is -0.644. The van der Waals surface area contributed by atoms with Crippen LogP contribution in [0.3, 0.4) is 0 Å². The zero-order valence-corrected chi connectivity index (χ0v) is 12.5. The molecule has 0 bridgehead atoms. The fraction of sp³-hybridized carbons (Fsp3) is 0.200. The topological polar surface area (TPSA) is 89.3 Å². The largest absolute Gasteiger partial charge is 0.357 e. The Kier molecular flexibility index (Phi) is 4.94. The highest BCUT2D eigenvalue weighted by Crippen LogP contribution is 2.16. The van der Waals surface area contributed by atoms with Gasteiger partial charge in [0.2, 0.25) is 5.91 Å². The number of anilines is 1. The second kappa shape index (κ2) is 6.90. The van der Waals surface area contributed by atoms with E-state index in [4.69, 9.17) is 10.9 Å². The summed E-state index contributed by atoms with van der Waals surface area (Å²) >= 11 is 1.55. The van der Waals surface area contributed by atoms with Gasteiger partial charge in [0.25, 0.3) is 5.84 Å². The third kappa shape index (κ3) is 4.06. The SMILES string of the molecule is Cc1ccc(NC(=O)[C@H](Cc2cccs2)C(N)=[NH+]O)cc1. The lowest BCUT2D eigenvalue weighted by Crippen LogP contribution is -2.74. The maximum absolute atomic E-state index is 12.4. The van der Waals surface area contributed by atoms with Gasteiger partial charge in [0.15, 0.2) is 0 Å². The van der Waals surface area contributed by atoms with Crippen molar-refractivity contribution >= 4 is 28.8 Å². The minimum Gasteiger partial charge on any atom is -0.357 e. The molecule has 0 aliphatic rings. The van der Waals surface area contributed by atoms with Crippen molar-refractivity contribution in [2.75, 3.05) is 5.32 Å². The minimum absolute atomic E-state index is 0.0352. The van der Waals surface area contributed by atoms with E-state index < -0.39 is 5.92 Å². The summed E-state index contributed by atoms with van der Waals surface area (Å²) in [5.41, 5.74) is 7.53. The number of rotatable bonds is 5. The van der Waals surface area contributed by atoms with Crippen LogP contribution < -0.4 is 16.2 Å². The Morgan fingerprint density at radius 1 is 1.38 bits per heavy atom. The molecule has 5 N–H and O–H groups in total. The summed E-state index contributed by atoms with van der Waals surface area (Å²) in [7, 11) is 0. The lowest BCUT2D eigenvalue weighted by molar-refractivity contribution is -0.739. The smallest absolute Gasteiger partial charge is 0.292 e. The molecule has 1 amide bonds. The molecule has 21 heavy (non-hydrogen) atoms. The molecular weight excluding hydrogens is 286 g/mol. The average molecular weight is 304 g/mol. The Labute approximate surface area is 127 Å². The molecule has 0 aliphatic carbocycles. The van der Waals surface area contributed by atoms with Gasteiger partial charge in [0.05, 0.1) is 0 Å². The summed E-state index contributed by atoms with van der Waals surface area (Å²) in [4.78, 5) is 13.4. The Hall–Kier alpha value is -2.34. The van der Waals surface area contributed by atoms with Crippen LogP contribution in [0.15, 0.2) is 41.8 Å². The normalized spacial score (nSPS) is 12.9. The van der Waals surface area contributed by atoms with Gasteiger partial charge in [0, 0.05) is 17.0 Å². The van der Waals surface area contributed by atoms with E-state index >= 15 is 0 Å². The van der Waals surface area contributed by atoms with Gasteiger partial charge in [-0.2, -0.15) is 0 Å². The third-order valence-electron chi connectivity index (χ3n) is 3.13. The molecule has 5 nitrogen and oxygen atoms in total. The van der Waals surface area contributed by atoms with Gasteiger partial charge in [-0.1, -0.05) is 28.9 Å². The first kappa shape index (κ1) is 15.1. The van der Waals surface area contributed by atoms with E-state index in [0.29, 0.717) is 12.1 Å². The number of carbonyl (C=O) groups is 1. The molecule has 2 aromatic rings. The number of hydrogen-bond acceptors (Lipinski definition) is 3. The molecule has 6 heteroatoms. The van der Waals surface area contributed by atoms with Crippen molar-refractivity contribution in [3.8, 4) is 0 Å². The van der Waals surface area contributed by atoms with Crippen LogP contribution in [0.5, 0.6) is 0 Å². The second-order valence-electron chi connectivity index (χ2n) is 4.76. The molecule has 0 saturated heterocycles. The molecule has 0 spiro atoms. The average Bonchev–Trinajstić information content (AvgIpc) is 2.99. The van der Waals surface area contributed by atoms with E-state index in [0.717, 1.165) is 10.4 Å². The number of amides is 1. The molecule has 0 unspecified atom stereocenters. The molecule has 0 saturated carbocycles. The van der Waals surface area contributed by atoms with E-state index in [2.05, 4.69) is 5.32 Å². The third-order valence-corrected chi connectivity index (χ3v) is 4.02. The Bertz CT molecular complexity index is 621. The highest BCUT2D eigenvalue weighted by atomic mass is 32.1. The molecule has 1 atom stereocenters. The zero-order chi connectivity index (χ0) is 15.2. The van der Waals surface area contributed by atoms with Gasteiger partial charge < -0.3 is 10.5 Å². The van der Waals surface area contributed by atoms with Crippen molar-refractivity contribution in [1.29, 1.82) is 0 Å². The van der Waals surface area contributed by atoms with Gasteiger partial charge in [0.1, 0.15) is 5.92 Å². The maximum atomic E-state index is 12.4. The summed E-state index contributed by atoms with van der Waals surface area (Å²) in [6.45, 7) is 1.98. The molecular formula is C15H18N3O2S+. The highest BCUT2D eigenvalue weighted by molar-refractivity contribution is 7.09. The van der Waals surface area contributed by atoms with E-state index in [1.54, 1.807) is 11.3 Å².